The fraction of sp³-hybridized carbons (Fsp3) is 0.400. The summed E-state index contributed by atoms with van der Waals surface area (Å²) >= 11 is 0. The largest absolute Gasteiger partial charge is 0.337 e. The summed E-state index contributed by atoms with van der Waals surface area (Å²) in [5.74, 6) is -0.486. The predicted molar refractivity (Wildman–Crippen MR) is 85.4 cm³/mol. The number of aryl methyl sites for hydroxylation is 1. The van der Waals surface area contributed by atoms with E-state index >= 15 is 0 Å². The van der Waals surface area contributed by atoms with Crippen LogP contribution in [-0.4, -0.2) is 53.2 Å². The van der Waals surface area contributed by atoms with Gasteiger partial charge in [-0.05, 0) is 31.0 Å². The highest BCUT2D eigenvalue weighted by Crippen LogP contribution is 2.17. The summed E-state index contributed by atoms with van der Waals surface area (Å²) in [6, 6.07) is 3.12. The molecule has 0 bridgehead atoms. The zero-order chi connectivity index (χ0) is 16.8. The first kappa shape index (κ1) is 15.7. The van der Waals surface area contributed by atoms with Crippen LogP contribution < -0.4 is 5.56 Å². The highest BCUT2D eigenvalue weighted by atomic mass is 32.2. The Morgan fingerprint density at radius 3 is 2.83 bits per heavy atom. The lowest BCUT2D eigenvalue weighted by Crippen LogP contribution is -2.40. The third kappa shape index (κ3) is 2.86. The second-order valence-corrected chi connectivity index (χ2v) is 8.11. The van der Waals surface area contributed by atoms with Crippen LogP contribution in [0, 0.1) is 6.92 Å². The highest BCUT2D eigenvalue weighted by Gasteiger charge is 2.33. The first-order chi connectivity index (χ1) is 10.8. The molecule has 3 heterocycles. The molecule has 1 fully saturated rings. The quantitative estimate of drug-likeness (QED) is 0.785. The smallest absolute Gasteiger partial charge is 0.270 e. The summed E-state index contributed by atoms with van der Waals surface area (Å²) in [6.07, 6.45) is 3.24. The second-order valence-electron chi connectivity index (χ2n) is 5.88. The third-order valence-corrected chi connectivity index (χ3v) is 5.92. The van der Waals surface area contributed by atoms with Crippen LogP contribution in [0.1, 0.15) is 22.3 Å². The first-order valence-corrected chi connectivity index (χ1v) is 9.06. The molecule has 1 aliphatic heterocycles. The van der Waals surface area contributed by atoms with Gasteiger partial charge in [0.05, 0.1) is 11.5 Å². The molecule has 0 radical (unpaired) electrons. The van der Waals surface area contributed by atoms with Gasteiger partial charge in [-0.1, -0.05) is 0 Å². The number of carbonyl (C=O) groups is 1. The second kappa shape index (κ2) is 5.45. The Labute approximate surface area is 133 Å². The minimum Gasteiger partial charge on any atom is -0.337 e. The van der Waals surface area contributed by atoms with Crippen molar-refractivity contribution in [1.29, 1.82) is 0 Å². The Morgan fingerprint density at radius 2 is 2.17 bits per heavy atom. The highest BCUT2D eigenvalue weighted by molar-refractivity contribution is 7.91. The van der Waals surface area contributed by atoms with Crippen LogP contribution >= 0.6 is 0 Å². The van der Waals surface area contributed by atoms with Gasteiger partial charge >= 0.3 is 0 Å². The molecule has 122 valence electrons. The maximum atomic E-state index is 12.6. The van der Waals surface area contributed by atoms with Crippen molar-refractivity contribution in [2.24, 2.45) is 0 Å². The standard InChI is InChI=1S/C15H17N3O4S/c1-10-3-5-18-13(7-10)16-8-12(15(18)20)14(19)17(2)11-4-6-23(21,22)9-11/h3,5,7-8,11H,4,6,9H2,1-2H3. The minimum absolute atomic E-state index is 0.0573. The van der Waals surface area contributed by atoms with Gasteiger partial charge in [0.15, 0.2) is 9.84 Å². The van der Waals surface area contributed by atoms with Crippen molar-refractivity contribution >= 4 is 21.4 Å². The van der Waals surface area contributed by atoms with E-state index in [1.54, 1.807) is 18.3 Å². The van der Waals surface area contributed by atoms with Gasteiger partial charge in [0.1, 0.15) is 11.2 Å². The Balaban J connectivity index is 1.97. The van der Waals surface area contributed by atoms with E-state index in [4.69, 9.17) is 0 Å². The van der Waals surface area contributed by atoms with Crippen molar-refractivity contribution < 1.29 is 13.2 Å². The molecule has 7 nitrogen and oxygen atoms in total. The lowest BCUT2D eigenvalue weighted by molar-refractivity contribution is 0.0745. The van der Waals surface area contributed by atoms with Gasteiger partial charge in [-0.15, -0.1) is 0 Å². The number of carbonyl (C=O) groups excluding carboxylic acids is 1. The first-order valence-electron chi connectivity index (χ1n) is 7.24. The van der Waals surface area contributed by atoms with Crippen molar-refractivity contribution in [3.05, 3.63) is 46.0 Å². The predicted octanol–water partition coefficient (Wildman–Crippen LogP) is 0.262. The van der Waals surface area contributed by atoms with Crippen molar-refractivity contribution in [3.8, 4) is 0 Å². The minimum atomic E-state index is -3.10. The number of hydrogen-bond acceptors (Lipinski definition) is 5. The molecule has 0 saturated carbocycles. The zero-order valence-corrected chi connectivity index (χ0v) is 13.7. The molecule has 0 spiro atoms. The van der Waals surface area contributed by atoms with Gasteiger partial charge in [0.25, 0.3) is 11.5 Å². The van der Waals surface area contributed by atoms with Gasteiger partial charge in [0.2, 0.25) is 0 Å². The SMILES string of the molecule is Cc1ccn2c(=O)c(C(=O)N(C)C3CCS(=O)(=O)C3)cnc2c1. The molecule has 1 aliphatic rings. The van der Waals surface area contributed by atoms with E-state index in [1.807, 2.05) is 6.92 Å². The van der Waals surface area contributed by atoms with Gasteiger partial charge in [0, 0.05) is 25.5 Å². The average molecular weight is 335 g/mol. The van der Waals surface area contributed by atoms with Crippen LogP contribution in [0.15, 0.2) is 29.3 Å². The van der Waals surface area contributed by atoms with E-state index in [9.17, 15) is 18.0 Å². The van der Waals surface area contributed by atoms with Gasteiger partial charge in [-0.25, -0.2) is 13.4 Å². The van der Waals surface area contributed by atoms with Crippen LogP contribution in [0.4, 0.5) is 0 Å². The molecule has 8 heteroatoms. The van der Waals surface area contributed by atoms with E-state index < -0.39 is 27.3 Å². The maximum absolute atomic E-state index is 12.6. The molecule has 0 aromatic carbocycles. The van der Waals surface area contributed by atoms with Crippen LogP contribution in [0.5, 0.6) is 0 Å². The summed E-state index contributed by atoms with van der Waals surface area (Å²) in [7, 11) is -1.57. The van der Waals surface area contributed by atoms with Crippen LogP contribution in [0.2, 0.25) is 0 Å². The van der Waals surface area contributed by atoms with E-state index in [2.05, 4.69) is 4.98 Å². The van der Waals surface area contributed by atoms with Gasteiger partial charge < -0.3 is 4.90 Å². The molecular formula is C15H17N3O4S. The number of nitrogens with zero attached hydrogens (tertiary/aromatic N) is 3. The number of pyridine rings is 1. The summed E-state index contributed by atoms with van der Waals surface area (Å²) in [4.78, 5) is 30.5. The molecule has 1 saturated heterocycles. The number of hydrogen-bond donors (Lipinski definition) is 0. The van der Waals surface area contributed by atoms with Gasteiger partial charge in [-0.3, -0.25) is 14.0 Å². The van der Waals surface area contributed by atoms with E-state index in [0.29, 0.717) is 12.1 Å². The number of aromatic nitrogens is 2. The molecule has 1 amide bonds. The third-order valence-electron chi connectivity index (χ3n) is 4.17. The summed E-state index contributed by atoms with van der Waals surface area (Å²) in [5, 5.41) is 0. The lowest BCUT2D eigenvalue weighted by Gasteiger charge is -2.23. The molecule has 2 aromatic heterocycles. The number of rotatable bonds is 2. The number of fused-ring (bicyclic) bond motifs is 1. The summed E-state index contributed by atoms with van der Waals surface area (Å²) in [6.45, 7) is 1.89. The van der Waals surface area contributed by atoms with Crippen molar-refractivity contribution in [1.82, 2.24) is 14.3 Å². The molecule has 3 rings (SSSR count). The normalized spacial score (nSPS) is 19.8. The van der Waals surface area contributed by atoms with Crippen LogP contribution in [0.25, 0.3) is 5.65 Å². The molecule has 0 aliphatic carbocycles. The Hall–Kier alpha value is -2.22. The lowest BCUT2D eigenvalue weighted by atomic mass is 10.2. The fourth-order valence-electron chi connectivity index (χ4n) is 2.76. The monoisotopic (exact) mass is 335 g/mol. The Kier molecular flexibility index (Phi) is 3.71. The van der Waals surface area contributed by atoms with Crippen LogP contribution in [-0.2, 0) is 9.84 Å². The van der Waals surface area contributed by atoms with Crippen molar-refractivity contribution in [2.75, 3.05) is 18.6 Å². The summed E-state index contributed by atoms with van der Waals surface area (Å²) in [5.41, 5.74) is 0.924. The molecule has 23 heavy (non-hydrogen) atoms. The average Bonchev–Trinajstić information content (AvgIpc) is 2.86. The maximum Gasteiger partial charge on any atom is 0.270 e. The summed E-state index contributed by atoms with van der Waals surface area (Å²) < 4.78 is 24.4. The zero-order valence-electron chi connectivity index (χ0n) is 12.9. The topological polar surface area (TPSA) is 88.8 Å². The Morgan fingerprint density at radius 1 is 1.43 bits per heavy atom. The van der Waals surface area contributed by atoms with Crippen molar-refractivity contribution in [2.45, 2.75) is 19.4 Å². The molecule has 2 aromatic rings. The molecule has 1 unspecified atom stereocenters. The number of sulfone groups is 1. The molecule has 0 N–H and O–H groups in total. The molecule has 1 atom stereocenters. The molecular weight excluding hydrogens is 318 g/mol. The van der Waals surface area contributed by atoms with E-state index in [0.717, 1.165) is 5.56 Å². The Bertz CT molecular complexity index is 949. The van der Waals surface area contributed by atoms with Crippen molar-refractivity contribution in [3.63, 3.8) is 0 Å². The fourth-order valence-corrected chi connectivity index (χ4v) is 4.53. The van der Waals surface area contributed by atoms with Gasteiger partial charge in [-0.2, -0.15) is 0 Å². The van der Waals surface area contributed by atoms with E-state index in [1.165, 1.54) is 22.5 Å². The number of amides is 1. The van der Waals surface area contributed by atoms with E-state index in [-0.39, 0.29) is 17.1 Å². The van der Waals surface area contributed by atoms with Crippen LogP contribution in [0.3, 0.4) is 0 Å².